The Morgan fingerprint density at radius 2 is 1.94 bits per heavy atom. The molecule has 1 unspecified atom stereocenters. The summed E-state index contributed by atoms with van der Waals surface area (Å²) >= 11 is 0. The van der Waals surface area contributed by atoms with E-state index >= 15 is 0 Å². The lowest BCUT2D eigenvalue weighted by Gasteiger charge is -2.15. The number of carbonyl (C=O) groups is 1. The maximum Gasteiger partial charge on any atom is 0.416 e. The van der Waals surface area contributed by atoms with Crippen LogP contribution in [0.1, 0.15) is 30.6 Å². The van der Waals surface area contributed by atoms with Gasteiger partial charge in [0.1, 0.15) is 6.10 Å². The molecule has 5 heteroatoms. The van der Waals surface area contributed by atoms with Crippen molar-refractivity contribution < 1.29 is 23.1 Å². The molecule has 0 aromatic heterocycles. The van der Waals surface area contributed by atoms with Gasteiger partial charge >= 0.3 is 6.18 Å². The average molecular weight is 232 g/mol. The minimum atomic E-state index is -4.56. The smallest absolute Gasteiger partial charge is 0.381 e. The molecule has 16 heavy (non-hydrogen) atoms. The lowest BCUT2D eigenvalue weighted by atomic mass is 9.98. The lowest BCUT2D eigenvalue weighted by molar-refractivity contribution is -0.140. The zero-order valence-corrected chi connectivity index (χ0v) is 8.58. The van der Waals surface area contributed by atoms with Crippen LogP contribution in [0.3, 0.4) is 0 Å². The second kappa shape index (κ2) is 4.65. The van der Waals surface area contributed by atoms with E-state index in [1.807, 2.05) is 0 Å². The van der Waals surface area contributed by atoms with Gasteiger partial charge in [0.15, 0.2) is 5.78 Å². The normalized spacial score (nSPS) is 13.6. The van der Waals surface area contributed by atoms with Gasteiger partial charge in [-0.15, -0.1) is 0 Å². The summed E-state index contributed by atoms with van der Waals surface area (Å²) in [6.07, 6.45) is -6.28. The van der Waals surface area contributed by atoms with Crippen LogP contribution >= 0.6 is 0 Å². The molecule has 0 heterocycles. The van der Waals surface area contributed by atoms with Crippen molar-refractivity contribution in [1.82, 2.24) is 0 Å². The van der Waals surface area contributed by atoms with Gasteiger partial charge in [-0.1, -0.05) is 25.1 Å². The monoisotopic (exact) mass is 232 g/mol. The Balaban J connectivity index is 3.19. The largest absolute Gasteiger partial charge is 0.416 e. The molecule has 0 saturated heterocycles. The first-order valence-electron chi connectivity index (χ1n) is 4.74. The van der Waals surface area contributed by atoms with Gasteiger partial charge in [-0.2, -0.15) is 13.2 Å². The Hall–Kier alpha value is -1.36. The molecule has 1 N–H and O–H groups in total. The third kappa shape index (κ3) is 2.61. The van der Waals surface area contributed by atoms with Gasteiger partial charge in [0.25, 0.3) is 0 Å². The molecule has 1 rings (SSSR count). The van der Waals surface area contributed by atoms with Gasteiger partial charge in [0.2, 0.25) is 0 Å². The number of aliphatic hydroxyl groups excluding tert-OH is 1. The molecule has 88 valence electrons. The van der Waals surface area contributed by atoms with Crippen LogP contribution in [0.2, 0.25) is 0 Å². The van der Waals surface area contributed by atoms with Crippen LogP contribution in [0.15, 0.2) is 24.3 Å². The number of halogens is 3. The highest BCUT2D eigenvalue weighted by molar-refractivity contribution is 5.84. The molecule has 0 amide bonds. The van der Waals surface area contributed by atoms with Crippen LogP contribution in [0.5, 0.6) is 0 Å². The molecule has 1 aromatic rings. The highest BCUT2D eigenvalue weighted by atomic mass is 19.4. The van der Waals surface area contributed by atoms with E-state index in [0.717, 1.165) is 12.1 Å². The Morgan fingerprint density at radius 3 is 2.44 bits per heavy atom. The van der Waals surface area contributed by atoms with E-state index in [0.29, 0.717) is 0 Å². The van der Waals surface area contributed by atoms with Gasteiger partial charge < -0.3 is 5.11 Å². The molecule has 0 bridgehead atoms. The Bertz CT molecular complexity index is 385. The van der Waals surface area contributed by atoms with Crippen molar-refractivity contribution in [2.45, 2.75) is 25.6 Å². The van der Waals surface area contributed by atoms with Crippen molar-refractivity contribution in [3.05, 3.63) is 35.4 Å². The van der Waals surface area contributed by atoms with Crippen LogP contribution in [-0.2, 0) is 11.0 Å². The molecule has 0 saturated carbocycles. The summed E-state index contributed by atoms with van der Waals surface area (Å²) in [5.41, 5.74) is -1.36. The number of rotatable bonds is 3. The number of aliphatic hydroxyl groups is 1. The molecule has 0 radical (unpaired) electrons. The number of hydrogen-bond donors (Lipinski definition) is 1. The maximum atomic E-state index is 12.6. The van der Waals surface area contributed by atoms with Gasteiger partial charge in [0.05, 0.1) is 5.56 Å². The van der Waals surface area contributed by atoms with Crippen LogP contribution in [-0.4, -0.2) is 10.9 Å². The van der Waals surface area contributed by atoms with E-state index < -0.39 is 23.6 Å². The zero-order chi connectivity index (χ0) is 12.3. The van der Waals surface area contributed by atoms with Crippen molar-refractivity contribution >= 4 is 5.78 Å². The summed E-state index contributed by atoms with van der Waals surface area (Å²) in [4.78, 5) is 11.2. The molecular formula is C11H11F3O2. The second-order valence-corrected chi connectivity index (χ2v) is 3.31. The third-order valence-electron chi connectivity index (χ3n) is 2.21. The Morgan fingerprint density at radius 1 is 1.38 bits per heavy atom. The highest BCUT2D eigenvalue weighted by Gasteiger charge is 2.35. The third-order valence-corrected chi connectivity index (χ3v) is 2.21. The summed E-state index contributed by atoms with van der Waals surface area (Å²) in [5, 5.41) is 9.48. The first kappa shape index (κ1) is 12.7. The SMILES string of the molecule is CCC(=O)C(O)c1ccccc1C(F)(F)F. The second-order valence-electron chi connectivity index (χ2n) is 3.31. The van der Waals surface area contributed by atoms with E-state index in [-0.39, 0.29) is 12.0 Å². The predicted octanol–water partition coefficient (Wildman–Crippen LogP) is 2.72. The van der Waals surface area contributed by atoms with Crippen LogP contribution in [0, 0.1) is 0 Å². The Kier molecular flexibility index (Phi) is 3.70. The van der Waals surface area contributed by atoms with E-state index in [4.69, 9.17) is 0 Å². The number of benzene rings is 1. The van der Waals surface area contributed by atoms with Crippen molar-refractivity contribution in [3.63, 3.8) is 0 Å². The number of Topliss-reactive ketones (excluding diaryl/α,β-unsaturated/α-hetero) is 1. The molecule has 0 spiro atoms. The summed E-state index contributed by atoms with van der Waals surface area (Å²) in [6.45, 7) is 1.49. The first-order chi connectivity index (χ1) is 7.38. The molecule has 0 aliphatic rings. The van der Waals surface area contributed by atoms with Crippen molar-refractivity contribution in [2.24, 2.45) is 0 Å². The van der Waals surface area contributed by atoms with E-state index in [2.05, 4.69) is 0 Å². The minimum Gasteiger partial charge on any atom is -0.381 e. The van der Waals surface area contributed by atoms with Gasteiger partial charge in [-0.3, -0.25) is 4.79 Å². The van der Waals surface area contributed by atoms with Crippen LogP contribution in [0.25, 0.3) is 0 Å². The summed E-state index contributed by atoms with van der Waals surface area (Å²) in [6, 6.07) is 4.54. The standard InChI is InChI=1S/C11H11F3O2/c1-2-9(15)10(16)7-5-3-4-6-8(7)11(12,13)14/h3-6,10,16H,2H2,1H3. The fourth-order valence-corrected chi connectivity index (χ4v) is 1.36. The van der Waals surface area contributed by atoms with Crippen molar-refractivity contribution in [1.29, 1.82) is 0 Å². The Labute approximate surface area is 90.7 Å². The molecular weight excluding hydrogens is 221 g/mol. The van der Waals surface area contributed by atoms with E-state index in [1.165, 1.54) is 19.1 Å². The molecule has 0 fully saturated rings. The van der Waals surface area contributed by atoms with E-state index in [1.54, 1.807) is 0 Å². The number of ketones is 1. The number of hydrogen-bond acceptors (Lipinski definition) is 2. The van der Waals surface area contributed by atoms with Gasteiger partial charge in [-0.05, 0) is 6.07 Å². The fraction of sp³-hybridized carbons (Fsp3) is 0.364. The molecule has 0 aliphatic heterocycles. The molecule has 0 aliphatic carbocycles. The fourth-order valence-electron chi connectivity index (χ4n) is 1.36. The van der Waals surface area contributed by atoms with Crippen LogP contribution < -0.4 is 0 Å². The summed E-state index contributed by atoms with van der Waals surface area (Å²) in [7, 11) is 0. The van der Waals surface area contributed by atoms with Crippen molar-refractivity contribution in [3.8, 4) is 0 Å². The summed E-state index contributed by atoms with van der Waals surface area (Å²) < 4.78 is 37.7. The zero-order valence-electron chi connectivity index (χ0n) is 8.58. The van der Waals surface area contributed by atoms with Crippen LogP contribution in [0.4, 0.5) is 13.2 Å². The van der Waals surface area contributed by atoms with Gasteiger partial charge in [-0.25, -0.2) is 0 Å². The highest BCUT2D eigenvalue weighted by Crippen LogP contribution is 2.34. The summed E-state index contributed by atoms with van der Waals surface area (Å²) in [5.74, 6) is -0.628. The topological polar surface area (TPSA) is 37.3 Å². The predicted molar refractivity (Wildman–Crippen MR) is 51.7 cm³/mol. The quantitative estimate of drug-likeness (QED) is 0.869. The van der Waals surface area contributed by atoms with E-state index in [9.17, 15) is 23.1 Å². The number of carbonyl (C=O) groups excluding carboxylic acids is 1. The van der Waals surface area contributed by atoms with Gasteiger partial charge in [0, 0.05) is 12.0 Å². The van der Waals surface area contributed by atoms with Crippen molar-refractivity contribution in [2.75, 3.05) is 0 Å². The first-order valence-corrected chi connectivity index (χ1v) is 4.74. The average Bonchev–Trinajstić information content (AvgIpc) is 2.26. The number of alkyl halides is 3. The minimum absolute atomic E-state index is 0.00659. The molecule has 1 aromatic carbocycles. The molecule has 1 atom stereocenters. The lowest BCUT2D eigenvalue weighted by Crippen LogP contribution is -2.17. The molecule has 2 nitrogen and oxygen atoms in total. The maximum absolute atomic E-state index is 12.6.